The third-order valence-corrected chi connectivity index (χ3v) is 5.14. The van der Waals surface area contributed by atoms with Gasteiger partial charge in [0.15, 0.2) is 0 Å². The fourth-order valence-electron chi connectivity index (χ4n) is 3.31. The van der Waals surface area contributed by atoms with Crippen molar-refractivity contribution in [1.82, 2.24) is 19.5 Å². The lowest BCUT2D eigenvalue weighted by molar-refractivity contribution is 0.913. The Balaban J connectivity index is 1.51. The van der Waals surface area contributed by atoms with E-state index in [9.17, 15) is 0 Å². The molecule has 148 valence electrons. The Bertz CT molecular complexity index is 1110. The molecule has 1 N–H and O–H groups in total. The quantitative estimate of drug-likeness (QED) is 0.582. The monoisotopic (exact) mass is 406 g/mol. The molecule has 0 saturated carbocycles. The maximum atomic E-state index is 5.92. The van der Waals surface area contributed by atoms with Crippen molar-refractivity contribution in [3.8, 4) is 0 Å². The lowest BCUT2D eigenvalue weighted by atomic mass is 10.1. The van der Waals surface area contributed by atoms with Crippen LogP contribution < -0.4 is 10.2 Å². The molecule has 0 unspecified atom stereocenters. The number of halogens is 1. The smallest absolute Gasteiger partial charge is 0.224 e. The number of aryl methyl sites for hydroxylation is 1. The molecule has 0 atom stereocenters. The third-order valence-electron chi connectivity index (χ3n) is 4.95. The highest BCUT2D eigenvalue weighted by molar-refractivity contribution is 6.28. The molecular formula is C22H23ClN6. The van der Waals surface area contributed by atoms with Crippen LogP contribution in [0.5, 0.6) is 0 Å². The standard InChI is InChI=1S/C22H23ClN6/c1-28(20-12-14-24-21(23)27-20)17-9-10-19-18(15-17)26-22(29(19)2)25-13-11-16-7-5-3-4-6-8-16/h3,5-10,12,14-15H,4,11,13H2,1-2H3,(H,25,26). The number of imidazole rings is 1. The Morgan fingerprint density at radius 2 is 2.10 bits per heavy atom. The van der Waals surface area contributed by atoms with Crippen LogP contribution in [0.3, 0.4) is 0 Å². The van der Waals surface area contributed by atoms with Gasteiger partial charge in [-0.3, -0.25) is 0 Å². The first kappa shape index (κ1) is 19.2. The summed E-state index contributed by atoms with van der Waals surface area (Å²) in [6.07, 6.45) is 14.4. The highest BCUT2D eigenvalue weighted by Gasteiger charge is 2.12. The van der Waals surface area contributed by atoms with E-state index in [-0.39, 0.29) is 5.28 Å². The SMILES string of the molecule is CN(c1ccc2c(c1)nc(NCCC1=CC=CCC=C1)n2C)c1ccnc(Cl)n1. The summed E-state index contributed by atoms with van der Waals surface area (Å²) < 4.78 is 2.08. The van der Waals surface area contributed by atoms with Crippen LogP contribution >= 0.6 is 11.6 Å². The zero-order valence-corrected chi connectivity index (χ0v) is 17.3. The summed E-state index contributed by atoms with van der Waals surface area (Å²) >= 11 is 5.92. The summed E-state index contributed by atoms with van der Waals surface area (Å²) in [6, 6.07) is 8.01. The predicted octanol–water partition coefficient (Wildman–Crippen LogP) is 5.03. The molecule has 1 aliphatic rings. The van der Waals surface area contributed by atoms with Gasteiger partial charge in [0.05, 0.1) is 11.0 Å². The van der Waals surface area contributed by atoms with E-state index < -0.39 is 0 Å². The third kappa shape index (κ3) is 4.32. The van der Waals surface area contributed by atoms with Gasteiger partial charge in [-0.1, -0.05) is 30.4 Å². The Labute approximate surface area is 175 Å². The van der Waals surface area contributed by atoms with Crippen LogP contribution in [0.25, 0.3) is 11.0 Å². The van der Waals surface area contributed by atoms with Crippen LogP contribution in [0.2, 0.25) is 5.28 Å². The summed E-state index contributed by atoms with van der Waals surface area (Å²) in [5, 5.41) is 3.69. The number of nitrogens with one attached hydrogen (secondary N) is 1. The molecule has 0 bridgehead atoms. The van der Waals surface area contributed by atoms with Crippen LogP contribution in [-0.4, -0.2) is 33.1 Å². The number of aromatic nitrogens is 4. The van der Waals surface area contributed by atoms with E-state index in [0.29, 0.717) is 0 Å². The van der Waals surface area contributed by atoms with Crippen LogP contribution in [0.15, 0.2) is 66.4 Å². The lowest BCUT2D eigenvalue weighted by Gasteiger charge is -2.18. The van der Waals surface area contributed by atoms with Gasteiger partial charge in [0.25, 0.3) is 0 Å². The molecule has 0 amide bonds. The summed E-state index contributed by atoms with van der Waals surface area (Å²) in [7, 11) is 3.98. The number of rotatable bonds is 6. The van der Waals surface area contributed by atoms with Gasteiger partial charge >= 0.3 is 0 Å². The van der Waals surface area contributed by atoms with Gasteiger partial charge in [-0.25, -0.2) is 15.0 Å². The molecule has 1 aromatic carbocycles. The van der Waals surface area contributed by atoms with Crippen molar-refractivity contribution >= 4 is 40.1 Å². The number of anilines is 3. The Morgan fingerprint density at radius 3 is 2.97 bits per heavy atom. The first-order valence-corrected chi connectivity index (χ1v) is 9.94. The molecule has 0 spiro atoms. The Kier molecular flexibility index (Phi) is 5.62. The second-order valence-corrected chi connectivity index (χ2v) is 7.23. The molecule has 0 fully saturated rings. The zero-order valence-electron chi connectivity index (χ0n) is 16.5. The molecule has 0 saturated heterocycles. The minimum Gasteiger partial charge on any atom is -0.355 e. The van der Waals surface area contributed by atoms with Gasteiger partial charge in [0.1, 0.15) is 5.82 Å². The van der Waals surface area contributed by atoms with Crippen LogP contribution in [0, 0.1) is 0 Å². The molecule has 1 aliphatic carbocycles. The summed E-state index contributed by atoms with van der Waals surface area (Å²) in [6.45, 7) is 0.827. The Morgan fingerprint density at radius 1 is 1.21 bits per heavy atom. The normalized spacial score (nSPS) is 13.4. The molecular weight excluding hydrogens is 384 g/mol. The maximum Gasteiger partial charge on any atom is 0.224 e. The van der Waals surface area contributed by atoms with E-state index in [1.807, 2.05) is 25.1 Å². The minimum absolute atomic E-state index is 0.230. The molecule has 3 aromatic rings. The van der Waals surface area contributed by atoms with E-state index in [1.54, 1.807) is 6.20 Å². The second kappa shape index (κ2) is 8.49. The highest BCUT2D eigenvalue weighted by Crippen LogP contribution is 2.27. The average Bonchev–Trinajstić information content (AvgIpc) is 2.88. The number of hydrogen-bond donors (Lipinski definition) is 1. The predicted molar refractivity (Wildman–Crippen MR) is 120 cm³/mol. The highest BCUT2D eigenvalue weighted by atomic mass is 35.5. The van der Waals surface area contributed by atoms with Gasteiger partial charge in [0.2, 0.25) is 11.2 Å². The minimum atomic E-state index is 0.230. The Hall–Kier alpha value is -3.12. The van der Waals surface area contributed by atoms with Crippen LogP contribution in [0.4, 0.5) is 17.5 Å². The van der Waals surface area contributed by atoms with Crippen LogP contribution in [0.1, 0.15) is 12.8 Å². The first-order valence-electron chi connectivity index (χ1n) is 9.57. The van der Waals surface area contributed by atoms with Gasteiger partial charge in [0, 0.05) is 32.5 Å². The molecule has 2 aromatic heterocycles. The number of fused-ring (bicyclic) bond motifs is 1. The van der Waals surface area contributed by atoms with E-state index in [1.165, 1.54) is 5.57 Å². The van der Waals surface area contributed by atoms with Crippen molar-refractivity contribution in [1.29, 1.82) is 0 Å². The van der Waals surface area contributed by atoms with Crippen molar-refractivity contribution in [2.24, 2.45) is 7.05 Å². The summed E-state index contributed by atoms with van der Waals surface area (Å²) in [4.78, 5) is 15.0. The molecule has 0 radical (unpaired) electrons. The molecule has 29 heavy (non-hydrogen) atoms. The van der Waals surface area contributed by atoms with Gasteiger partial charge in [-0.05, 0) is 54.3 Å². The van der Waals surface area contributed by atoms with E-state index in [0.717, 1.165) is 47.9 Å². The van der Waals surface area contributed by atoms with Crippen molar-refractivity contribution in [3.05, 3.63) is 71.7 Å². The van der Waals surface area contributed by atoms with Crippen molar-refractivity contribution in [2.45, 2.75) is 12.8 Å². The fourth-order valence-corrected chi connectivity index (χ4v) is 3.45. The number of allylic oxidation sites excluding steroid dienone is 5. The van der Waals surface area contributed by atoms with Gasteiger partial charge in [-0.15, -0.1) is 0 Å². The van der Waals surface area contributed by atoms with E-state index in [4.69, 9.17) is 16.6 Å². The van der Waals surface area contributed by atoms with Crippen molar-refractivity contribution < 1.29 is 0 Å². The van der Waals surface area contributed by atoms with Crippen molar-refractivity contribution in [3.63, 3.8) is 0 Å². The number of hydrogen-bond acceptors (Lipinski definition) is 5. The van der Waals surface area contributed by atoms with E-state index >= 15 is 0 Å². The second-order valence-electron chi connectivity index (χ2n) is 6.89. The first-order chi connectivity index (χ1) is 14.1. The van der Waals surface area contributed by atoms with Crippen molar-refractivity contribution in [2.75, 3.05) is 23.8 Å². The zero-order chi connectivity index (χ0) is 20.2. The molecule has 2 heterocycles. The lowest BCUT2D eigenvalue weighted by Crippen LogP contribution is -2.11. The summed E-state index contributed by atoms with van der Waals surface area (Å²) in [5.41, 5.74) is 4.30. The average molecular weight is 407 g/mol. The number of benzene rings is 1. The number of nitrogens with zero attached hydrogens (tertiary/aromatic N) is 5. The molecule has 0 aliphatic heterocycles. The molecule has 7 heteroatoms. The van der Waals surface area contributed by atoms with Gasteiger partial charge in [-0.2, -0.15) is 0 Å². The van der Waals surface area contributed by atoms with Gasteiger partial charge < -0.3 is 14.8 Å². The fraction of sp³-hybridized carbons (Fsp3) is 0.227. The maximum absolute atomic E-state index is 5.92. The van der Waals surface area contributed by atoms with Crippen LogP contribution in [-0.2, 0) is 7.05 Å². The largest absolute Gasteiger partial charge is 0.355 e. The molecule has 6 nitrogen and oxygen atoms in total. The summed E-state index contributed by atoms with van der Waals surface area (Å²) in [5.74, 6) is 1.59. The topological polar surface area (TPSA) is 58.9 Å². The van der Waals surface area contributed by atoms with E-state index in [2.05, 4.69) is 68.4 Å². The molecule has 4 rings (SSSR count).